The number of halogens is 1. The van der Waals surface area contributed by atoms with Crippen LogP contribution in [0.5, 0.6) is 0 Å². The zero-order valence-electron chi connectivity index (χ0n) is 8.43. The van der Waals surface area contributed by atoms with E-state index in [2.05, 4.69) is 26.2 Å². The van der Waals surface area contributed by atoms with Crippen molar-refractivity contribution in [2.45, 2.75) is 27.3 Å². The largest absolute Gasteiger partial charge is 0.351 e. The molecule has 0 bridgehead atoms. The molecular weight excluding hydrogens is 264 g/mol. The highest BCUT2D eigenvalue weighted by atomic mass is 79.9. The van der Waals surface area contributed by atoms with E-state index in [-0.39, 0.29) is 11.3 Å². The third kappa shape index (κ3) is 3.38. The van der Waals surface area contributed by atoms with Gasteiger partial charge in [-0.15, -0.1) is 11.3 Å². The molecule has 1 amide bonds. The smallest absolute Gasteiger partial charge is 0.225 e. The van der Waals surface area contributed by atoms with Crippen molar-refractivity contribution in [1.82, 2.24) is 10.3 Å². The number of amides is 1. The van der Waals surface area contributed by atoms with E-state index in [9.17, 15) is 4.79 Å². The number of nitrogens with one attached hydrogen (secondary N) is 1. The first kappa shape index (κ1) is 11.7. The fraction of sp³-hybridized carbons (Fsp3) is 0.556. The molecule has 1 rings (SSSR count). The molecule has 0 aliphatic carbocycles. The molecule has 78 valence electrons. The Labute approximate surface area is 96.1 Å². The lowest BCUT2D eigenvalue weighted by atomic mass is 9.96. The molecule has 0 saturated heterocycles. The maximum absolute atomic E-state index is 11.5. The van der Waals surface area contributed by atoms with Crippen LogP contribution in [-0.4, -0.2) is 10.9 Å². The molecule has 1 N–H and O–H groups in total. The summed E-state index contributed by atoms with van der Waals surface area (Å²) in [5.74, 6) is 0.0574. The number of carbonyl (C=O) groups excluding carboxylic acids is 1. The van der Waals surface area contributed by atoms with Gasteiger partial charge >= 0.3 is 0 Å². The Morgan fingerprint density at radius 1 is 1.64 bits per heavy atom. The van der Waals surface area contributed by atoms with Gasteiger partial charge in [-0.2, -0.15) is 0 Å². The fourth-order valence-corrected chi connectivity index (χ4v) is 2.10. The van der Waals surface area contributed by atoms with E-state index in [1.807, 2.05) is 20.8 Å². The molecule has 0 aliphatic rings. The lowest BCUT2D eigenvalue weighted by Gasteiger charge is -2.16. The first-order chi connectivity index (χ1) is 6.39. The molecule has 14 heavy (non-hydrogen) atoms. The molecule has 0 unspecified atom stereocenters. The Hall–Kier alpha value is -0.420. The monoisotopic (exact) mass is 276 g/mol. The van der Waals surface area contributed by atoms with Crippen LogP contribution in [0.2, 0.25) is 0 Å². The molecule has 0 spiro atoms. The van der Waals surface area contributed by atoms with Crippen LogP contribution in [0, 0.1) is 5.41 Å². The summed E-state index contributed by atoms with van der Waals surface area (Å²) < 4.78 is 0.845. The Bertz CT molecular complexity index is 330. The van der Waals surface area contributed by atoms with Gasteiger partial charge in [-0.05, 0) is 15.9 Å². The Kier molecular flexibility index (Phi) is 3.66. The van der Waals surface area contributed by atoms with Crippen LogP contribution in [0.15, 0.2) is 10.1 Å². The molecule has 1 aromatic heterocycles. The summed E-state index contributed by atoms with van der Waals surface area (Å²) in [4.78, 5) is 16.6. The van der Waals surface area contributed by atoms with Gasteiger partial charge in [0.25, 0.3) is 0 Å². The molecule has 0 aliphatic heterocycles. The molecular formula is C9H13BrN2OS. The van der Waals surface area contributed by atoms with Gasteiger partial charge in [0.2, 0.25) is 5.91 Å². The van der Waals surface area contributed by atoms with Crippen molar-refractivity contribution in [1.29, 1.82) is 0 Å². The summed E-state index contributed by atoms with van der Waals surface area (Å²) in [5, 5.41) is 2.86. The van der Waals surface area contributed by atoms with Crippen molar-refractivity contribution in [3.63, 3.8) is 0 Å². The molecule has 0 saturated carbocycles. The maximum atomic E-state index is 11.5. The maximum Gasteiger partial charge on any atom is 0.225 e. The van der Waals surface area contributed by atoms with Gasteiger partial charge in [0, 0.05) is 16.5 Å². The lowest BCUT2D eigenvalue weighted by Crippen LogP contribution is -2.34. The minimum Gasteiger partial charge on any atom is -0.351 e. The Balaban J connectivity index is 2.46. The van der Waals surface area contributed by atoms with Gasteiger partial charge in [-0.1, -0.05) is 20.8 Å². The predicted octanol–water partition coefficient (Wildman–Crippen LogP) is 2.57. The van der Waals surface area contributed by atoms with Crippen LogP contribution in [0.4, 0.5) is 0 Å². The SMILES string of the molecule is CC(C)(C)C(=O)NCc1cnc(Br)s1. The summed E-state index contributed by atoms with van der Waals surface area (Å²) in [6, 6.07) is 0. The standard InChI is InChI=1S/C9H13BrN2OS/c1-9(2,3)7(13)11-4-6-5-12-8(10)14-6/h5H,4H2,1-3H3,(H,11,13). The minimum absolute atomic E-state index is 0.0574. The highest BCUT2D eigenvalue weighted by Crippen LogP contribution is 2.19. The second-order valence-electron chi connectivity index (χ2n) is 4.01. The van der Waals surface area contributed by atoms with Crippen LogP contribution in [-0.2, 0) is 11.3 Å². The second-order valence-corrected chi connectivity index (χ2v) is 6.40. The van der Waals surface area contributed by atoms with E-state index in [0.29, 0.717) is 6.54 Å². The summed E-state index contributed by atoms with van der Waals surface area (Å²) in [6.07, 6.45) is 1.76. The number of rotatable bonds is 2. The average Bonchev–Trinajstić information content (AvgIpc) is 2.45. The molecule has 0 radical (unpaired) electrons. The van der Waals surface area contributed by atoms with Gasteiger partial charge in [0.15, 0.2) is 3.92 Å². The van der Waals surface area contributed by atoms with Crippen LogP contribution in [0.3, 0.4) is 0 Å². The summed E-state index contributed by atoms with van der Waals surface area (Å²) in [5.41, 5.74) is -0.331. The Morgan fingerprint density at radius 3 is 2.71 bits per heavy atom. The first-order valence-electron chi connectivity index (χ1n) is 4.28. The number of nitrogens with zero attached hydrogens (tertiary/aromatic N) is 1. The molecule has 1 aromatic rings. The van der Waals surface area contributed by atoms with Gasteiger partial charge in [-0.25, -0.2) is 4.98 Å². The molecule has 0 atom stereocenters. The van der Waals surface area contributed by atoms with Crippen LogP contribution in [0.1, 0.15) is 25.6 Å². The van der Waals surface area contributed by atoms with Crippen molar-refractivity contribution in [2.24, 2.45) is 5.41 Å². The number of carbonyl (C=O) groups is 1. The van der Waals surface area contributed by atoms with E-state index in [1.165, 1.54) is 11.3 Å². The van der Waals surface area contributed by atoms with Crippen molar-refractivity contribution >= 4 is 33.2 Å². The summed E-state index contributed by atoms with van der Waals surface area (Å²) >= 11 is 4.80. The van der Waals surface area contributed by atoms with E-state index in [4.69, 9.17) is 0 Å². The van der Waals surface area contributed by atoms with E-state index < -0.39 is 0 Å². The number of hydrogen-bond acceptors (Lipinski definition) is 3. The average molecular weight is 277 g/mol. The topological polar surface area (TPSA) is 42.0 Å². The first-order valence-corrected chi connectivity index (χ1v) is 5.89. The lowest BCUT2D eigenvalue weighted by molar-refractivity contribution is -0.128. The molecule has 5 heteroatoms. The molecule has 3 nitrogen and oxygen atoms in total. The third-order valence-corrected chi connectivity index (χ3v) is 3.11. The van der Waals surface area contributed by atoms with Crippen LogP contribution >= 0.6 is 27.3 Å². The molecule has 0 aromatic carbocycles. The van der Waals surface area contributed by atoms with Crippen molar-refractivity contribution < 1.29 is 4.79 Å². The van der Waals surface area contributed by atoms with Crippen molar-refractivity contribution in [3.05, 3.63) is 15.0 Å². The fourth-order valence-electron chi connectivity index (χ4n) is 0.798. The van der Waals surface area contributed by atoms with Gasteiger partial charge in [-0.3, -0.25) is 4.79 Å². The minimum atomic E-state index is -0.331. The zero-order valence-corrected chi connectivity index (χ0v) is 10.8. The third-order valence-electron chi connectivity index (χ3n) is 1.63. The Morgan fingerprint density at radius 2 is 2.29 bits per heavy atom. The predicted molar refractivity (Wildman–Crippen MR) is 61.1 cm³/mol. The van der Waals surface area contributed by atoms with Gasteiger partial charge < -0.3 is 5.32 Å². The van der Waals surface area contributed by atoms with Crippen molar-refractivity contribution in [2.75, 3.05) is 0 Å². The van der Waals surface area contributed by atoms with E-state index >= 15 is 0 Å². The van der Waals surface area contributed by atoms with Crippen molar-refractivity contribution in [3.8, 4) is 0 Å². The van der Waals surface area contributed by atoms with E-state index in [0.717, 1.165) is 8.79 Å². The summed E-state index contributed by atoms with van der Waals surface area (Å²) in [6.45, 7) is 6.24. The number of aromatic nitrogens is 1. The van der Waals surface area contributed by atoms with Gasteiger partial charge in [0.1, 0.15) is 0 Å². The highest BCUT2D eigenvalue weighted by molar-refractivity contribution is 9.11. The quantitative estimate of drug-likeness (QED) is 0.902. The zero-order chi connectivity index (χ0) is 10.8. The van der Waals surface area contributed by atoms with Gasteiger partial charge in [0.05, 0.1) is 6.54 Å². The van der Waals surface area contributed by atoms with E-state index in [1.54, 1.807) is 6.20 Å². The number of hydrogen-bond donors (Lipinski definition) is 1. The summed E-state index contributed by atoms with van der Waals surface area (Å²) in [7, 11) is 0. The second kappa shape index (κ2) is 4.40. The normalized spacial score (nSPS) is 11.4. The van der Waals surface area contributed by atoms with Crippen LogP contribution < -0.4 is 5.32 Å². The molecule has 1 heterocycles. The molecule has 0 fully saturated rings. The van der Waals surface area contributed by atoms with Crippen LogP contribution in [0.25, 0.3) is 0 Å². The number of thiazole rings is 1. The highest BCUT2D eigenvalue weighted by Gasteiger charge is 2.20.